The SMILES string of the molecule is O=C(NCCCc1ccccc1)c1ccc(NC(=O)c2ccccc2)cc1. The van der Waals surface area contributed by atoms with Crippen LogP contribution in [0.1, 0.15) is 32.7 Å². The van der Waals surface area contributed by atoms with Crippen LogP contribution >= 0.6 is 0 Å². The first-order chi connectivity index (χ1) is 13.2. The maximum Gasteiger partial charge on any atom is 0.255 e. The van der Waals surface area contributed by atoms with Crippen molar-refractivity contribution < 1.29 is 9.59 Å². The third-order valence-electron chi connectivity index (χ3n) is 4.21. The van der Waals surface area contributed by atoms with Gasteiger partial charge in [-0.1, -0.05) is 48.5 Å². The zero-order chi connectivity index (χ0) is 18.9. The smallest absolute Gasteiger partial charge is 0.255 e. The summed E-state index contributed by atoms with van der Waals surface area (Å²) in [7, 11) is 0. The van der Waals surface area contributed by atoms with Gasteiger partial charge in [-0.3, -0.25) is 9.59 Å². The van der Waals surface area contributed by atoms with Crippen LogP contribution < -0.4 is 10.6 Å². The molecule has 2 amide bonds. The largest absolute Gasteiger partial charge is 0.352 e. The van der Waals surface area contributed by atoms with E-state index in [1.807, 2.05) is 36.4 Å². The molecule has 0 heterocycles. The zero-order valence-electron chi connectivity index (χ0n) is 15.0. The third-order valence-corrected chi connectivity index (χ3v) is 4.21. The quantitative estimate of drug-likeness (QED) is 0.619. The third kappa shape index (κ3) is 5.54. The molecule has 0 aromatic heterocycles. The fraction of sp³-hybridized carbons (Fsp3) is 0.130. The summed E-state index contributed by atoms with van der Waals surface area (Å²) < 4.78 is 0. The van der Waals surface area contributed by atoms with Crippen molar-refractivity contribution in [1.82, 2.24) is 5.32 Å². The van der Waals surface area contributed by atoms with Crippen LogP contribution in [0.5, 0.6) is 0 Å². The maximum atomic E-state index is 12.2. The van der Waals surface area contributed by atoms with Crippen LogP contribution in [0.15, 0.2) is 84.9 Å². The standard InChI is InChI=1S/C23H22N2O2/c26-22(24-17-7-10-18-8-3-1-4-9-18)20-13-15-21(16-14-20)25-23(27)19-11-5-2-6-12-19/h1-6,8-9,11-16H,7,10,17H2,(H,24,26)(H,25,27). The first-order valence-corrected chi connectivity index (χ1v) is 9.01. The Bertz CT molecular complexity index is 875. The highest BCUT2D eigenvalue weighted by molar-refractivity contribution is 6.04. The van der Waals surface area contributed by atoms with Gasteiger partial charge in [0.1, 0.15) is 0 Å². The van der Waals surface area contributed by atoms with Crippen LogP contribution in [0.25, 0.3) is 0 Å². The lowest BCUT2D eigenvalue weighted by molar-refractivity contribution is 0.0952. The molecule has 4 heteroatoms. The number of hydrogen-bond acceptors (Lipinski definition) is 2. The lowest BCUT2D eigenvalue weighted by atomic mass is 10.1. The minimum absolute atomic E-state index is 0.107. The molecule has 27 heavy (non-hydrogen) atoms. The van der Waals surface area contributed by atoms with Crippen LogP contribution in [-0.2, 0) is 6.42 Å². The number of amides is 2. The lowest BCUT2D eigenvalue weighted by Crippen LogP contribution is -2.24. The van der Waals surface area contributed by atoms with Crippen molar-refractivity contribution in [3.8, 4) is 0 Å². The van der Waals surface area contributed by atoms with Gasteiger partial charge in [0.2, 0.25) is 0 Å². The molecule has 0 radical (unpaired) electrons. The molecule has 3 aromatic carbocycles. The van der Waals surface area contributed by atoms with Crippen molar-refractivity contribution >= 4 is 17.5 Å². The highest BCUT2D eigenvalue weighted by Crippen LogP contribution is 2.11. The molecule has 136 valence electrons. The van der Waals surface area contributed by atoms with E-state index in [2.05, 4.69) is 22.8 Å². The van der Waals surface area contributed by atoms with Gasteiger partial charge in [0, 0.05) is 23.4 Å². The van der Waals surface area contributed by atoms with E-state index in [-0.39, 0.29) is 11.8 Å². The van der Waals surface area contributed by atoms with Gasteiger partial charge in [-0.15, -0.1) is 0 Å². The predicted molar refractivity (Wildman–Crippen MR) is 108 cm³/mol. The molecule has 4 nitrogen and oxygen atoms in total. The molecule has 0 atom stereocenters. The van der Waals surface area contributed by atoms with Crippen molar-refractivity contribution in [2.45, 2.75) is 12.8 Å². The Hall–Kier alpha value is -3.40. The topological polar surface area (TPSA) is 58.2 Å². The van der Waals surface area contributed by atoms with Gasteiger partial charge in [0.15, 0.2) is 0 Å². The van der Waals surface area contributed by atoms with E-state index in [9.17, 15) is 9.59 Å². The normalized spacial score (nSPS) is 10.2. The first-order valence-electron chi connectivity index (χ1n) is 9.01. The summed E-state index contributed by atoms with van der Waals surface area (Å²) >= 11 is 0. The second-order valence-corrected chi connectivity index (χ2v) is 6.24. The Morgan fingerprint density at radius 2 is 1.26 bits per heavy atom. The maximum absolute atomic E-state index is 12.2. The monoisotopic (exact) mass is 358 g/mol. The Morgan fingerprint density at radius 3 is 1.93 bits per heavy atom. The van der Waals surface area contributed by atoms with E-state index < -0.39 is 0 Å². The number of hydrogen-bond donors (Lipinski definition) is 2. The molecular weight excluding hydrogens is 336 g/mol. The van der Waals surface area contributed by atoms with E-state index in [1.54, 1.807) is 36.4 Å². The number of rotatable bonds is 7. The van der Waals surface area contributed by atoms with Crippen molar-refractivity contribution in [3.05, 3.63) is 102 Å². The highest BCUT2D eigenvalue weighted by atomic mass is 16.2. The van der Waals surface area contributed by atoms with Crippen molar-refractivity contribution in [2.24, 2.45) is 0 Å². The lowest BCUT2D eigenvalue weighted by Gasteiger charge is -2.08. The van der Waals surface area contributed by atoms with Crippen LogP contribution in [0, 0.1) is 0 Å². The van der Waals surface area contributed by atoms with Gasteiger partial charge in [0.05, 0.1) is 0 Å². The molecule has 0 spiro atoms. The van der Waals surface area contributed by atoms with E-state index in [1.165, 1.54) is 5.56 Å². The molecule has 0 saturated heterocycles. The number of carbonyl (C=O) groups is 2. The molecule has 0 aliphatic heterocycles. The van der Waals surface area contributed by atoms with Gasteiger partial charge >= 0.3 is 0 Å². The summed E-state index contributed by atoms with van der Waals surface area (Å²) in [5.74, 6) is -0.280. The summed E-state index contributed by atoms with van der Waals surface area (Å²) in [6, 6.07) is 26.1. The van der Waals surface area contributed by atoms with Crippen molar-refractivity contribution in [3.63, 3.8) is 0 Å². The van der Waals surface area contributed by atoms with Crippen LogP contribution in [0.2, 0.25) is 0 Å². The molecule has 0 aliphatic carbocycles. The van der Waals surface area contributed by atoms with Gasteiger partial charge in [0.25, 0.3) is 11.8 Å². The molecule has 3 aromatic rings. The molecular formula is C23H22N2O2. The summed E-state index contributed by atoms with van der Waals surface area (Å²) in [4.78, 5) is 24.3. The van der Waals surface area contributed by atoms with Gasteiger partial charge < -0.3 is 10.6 Å². The molecule has 0 saturated carbocycles. The Labute approximate surface area is 159 Å². The predicted octanol–water partition coefficient (Wildman–Crippen LogP) is 4.30. The molecule has 0 aliphatic rings. The fourth-order valence-electron chi connectivity index (χ4n) is 2.74. The molecule has 0 unspecified atom stereocenters. The fourth-order valence-corrected chi connectivity index (χ4v) is 2.74. The Balaban J connectivity index is 1.46. The number of anilines is 1. The van der Waals surface area contributed by atoms with Crippen molar-refractivity contribution in [2.75, 3.05) is 11.9 Å². The minimum atomic E-state index is -0.172. The van der Waals surface area contributed by atoms with Crippen molar-refractivity contribution in [1.29, 1.82) is 0 Å². The number of aryl methyl sites for hydroxylation is 1. The minimum Gasteiger partial charge on any atom is -0.352 e. The van der Waals surface area contributed by atoms with E-state index in [0.717, 1.165) is 12.8 Å². The van der Waals surface area contributed by atoms with E-state index in [4.69, 9.17) is 0 Å². The van der Waals surface area contributed by atoms with Gasteiger partial charge in [-0.05, 0) is 54.8 Å². The van der Waals surface area contributed by atoms with E-state index >= 15 is 0 Å². The second-order valence-electron chi connectivity index (χ2n) is 6.24. The summed E-state index contributed by atoms with van der Waals surface area (Å²) in [6.45, 7) is 0.625. The van der Waals surface area contributed by atoms with Gasteiger partial charge in [-0.25, -0.2) is 0 Å². The summed E-state index contributed by atoms with van der Waals surface area (Å²) in [6.07, 6.45) is 1.83. The van der Waals surface area contributed by atoms with Crippen LogP contribution in [-0.4, -0.2) is 18.4 Å². The average Bonchev–Trinajstić information content (AvgIpc) is 2.73. The molecule has 3 rings (SSSR count). The number of nitrogens with one attached hydrogen (secondary N) is 2. The highest BCUT2D eigenvalue weighted by Gasteiger charge is 2.07. The average molecular weight is 358 g/mol. The number of benzene rings is 3. The zero-order valence-corrected chi connectivity index (χ0v) is 15.0. The molecule has 0 bridgehead atoms. The number of carbonyl (C=O) groups excluding carboxylic acids is 2. The van der Waals surface area contributed by atoms with E-state index in [0.29, 0.717) is 23.4 Å². The second kappa shape index (κ2) is 9.34. The molecule has 2 N–H and O–H groups in total. The Morgan fingerprint density at radius 1 is 0.667 bits per heavy atom. The Kier molecular flexibility index (Phi) is 6.36. The summed E-state index contributed by atoms with van der Waals surface area (Å²) in [5, 5.41) is 5.75. The first kappa shape index (κ1) is 18.4. The van der Waals surface area contributed by atoms with Crippen LogP contribution in [0.3, 0.4) is 0 Å². The summed E-state index contributed by atoms with van der Waals surface area (Å²) in [5.41, 5.74) is 3.10. The van der Waals surface area contributed by atoms with Gasteiger partial charge in [-0.2, -0.15) is 0 Å². The molecule has 0 fully saturated rings. The van der Waals surface area contributed by atoms with Crippen LogP contribution in [0.4, 0.5) is 5.69 Å².